The van der Waals surface area contributed by atoms with Crippen molar-refractivity contribution in [1.82, 2.24) is 9.80 Å². The van der Waals surface area contributed by atoms with E-state index in [1.807, 2.05) is 12.3 Å². The molecule has 3 unspecified atom stereocenters. The quantitative estimate of drug-likeness (QED) is 0.819. The molecule has 0 spiro atoms. The molecule has 0 saturated carbocycles. The van der Waals surface area contributed by atoms with Crippen LogP contribution in [0.15, 0.2) is 22.8 Å². The second-order valence-corrected chi connectivity index (χ2v) is 6.21. The summed E-state index contributed by atoms with van der Waals surface area (Å²) in [7, 11) is 0. The van der Waals surface area contributed by atoms with Gasteiger partial charge in [0.15, 0.2) is 0 Å². The Morgan fingerprint density at radius 3 is 2.56 bits per heavy atom. The first kappa shape index (κ1) is 11.0. The summed E-state index contributed by atoms with van der Waals surface area (Å²) >= 11 is 0. The molecule has 4 aliphatic heterocycles. The first-order chi connectivity index (χ1) is 8.82. The van der Waals surface area contributed by atoms with Crippen molar-refractivity contribution in [2.24, 2.45) is 17.6 Å². The van der Waals surface area contributed by atoms with Gasteiger partial charge in [0, 0.05) is 39.3 Å². The third kappa shape index (κ3) is 1.37. The number of nitrogens with two attached hydrogens (primary N) is 1. The molecular formula is C14H21N3O. The third-order valence-electron chi connectivity index (χ3n) is 5.27. The van der Waals surface area contributed by atoms with Crippen molar-refractivity contribution in [1.29, 1.82) is 0 Å². The minimum absolute atomic E-state index is 0.135. The Balaban J connectivity index is 1.83. The van der Waals surface area contributed by atoms with Gasteiger partial charge in [0.1, 0.15) is 5.76 Å². The average molecular weight is 247 g/mol. The zero-order valence-electron chi connectivity index (χ0n) is 10.7. The Bertz CT molecular complexity index is 414. The average Bonchev–Trinajstić information content (AvgIpc) is 2.80. The van der Waals surface area contributed by atoms with E-state index < -0.39 is 0 Å². The van der Waals surface area contributed by atoms with E-state index in [2.05, 4.69) is 15.9 Å². The van der Waals surface area contributed by atoms with Crippen LogP contribution in [0.25, 0.3) is 0 Å². The fraction of sp³-hybridized carbons (Fsp3) is 0.714. The summed E-state index contributed by atoms with van der Waals surface area (Å²) < 4.78 is 5.80. The van der Waals surface area contributed by atoms with Gasteiger partial charge in [0.2, 0.25) is 0 Å². The van der Waals surface area contributed by atoms with Crippen molar-refractivity contribution >= 4 is 0 Å². The van der Waals surface area contributed by atoms with E-state index in [0.29, 0.717) is 11.8 Å². The van der Waals surface area contributed by atoms with Crippen LogP contribution in [-0.4, -0.2) is 55.6 Å². The first-order valence-corrected chi connectivity index (χ1v) is 7.00. The Hall–Kier alpha value is -0.840. The maximum atomic E-state index is 6.12. The molecule has 4 saturated heterocycles. The minimum Gasteiger partial charge on any atom is -0.469 e. The molecule has 1 aromatic heterocycles. The number of piperidine rings is 2. The molecule has 3 atom stereocenters. The van der Waals surface area contributed by atoms with Crippen LogP contribution in [0.2, 0.25) is 0 Å². The first-order valence-electron chi connectivity index (χ1n) is 7.00. The maximum absolute atomic E-state index is 6.12. The second-order valence-electron chi connectivity index (χ2n) is 6.21. The minimum atomic E-state index is 0.135. The van der Waals surface area contributed by atoms with Crippen LogP contribution in [0.5, 0.6) is 0 Å². The maximum Gasteiger partial charge on any atom is 0.112 e. The molecule has 0 radical (unpaired) electrons. The monoisotopic (exact) mass is 247 g/mol. The lowest BCUT2D eigenvalue weighted by atomic mass is 9.62. The van der Waals surface area contributed by atoms with Gasteiger partial charge in [-0.1, -0.05) is 0 Å². The molecule has 98 valence electrons. The zero-order valence-corrected chi connectivity index (χ0v) is 10.7. The highest BCUT2D eigenvalue weighted by Crippen LogP contribution is 2.46. The molecule has 5 rings (SSSR count). The molecule has 0 amide bonds. The van der Waals surface area contributed by atoms with Gasteiger partial charge in [-0.15, -0.1) is 0 Å². The molecule has 1 aromatic rings. The summed E-state index contributed by atoms with van der Waals surface area (Å²) in [5.41, 5.74) is 6.25. The highest BCUT2D eigenvalue weighted by molar-refractivity contribution is 5.24. The van der Waals surface area contributed by atoms with Crippen molar-refractivity contribution in [3.63, 3.8) is 0 Å². The number of hydrogen-bond acceptors (Lipinski definition) is 4. The van der Waals surface area contributed by atoms with Crippen molar-refractivity contribution in [2.75, 3.05) is 45.8 Å². The zero-order chi connectivity index (χ0) is 12.2. The lowest BCUT2D eigenvalue weighted by molar-refractivity contribution is -0.0134. The fourth-order valence-electron chi connectivity index (χ4n) is 4.58. The molecule has 2 N–H and O–H groups in total. The molecule has 4 aliphatic rings. The van der Waals surface area contributed by atoms with Gasteiger partial charge in [-0.2, -0.15) is 0 Å². The molecule has 18 heavy (non-hydrogen) atoms. The van der Waals surface area contributed by atoms with E-state index in [1.165, 1.54) is 26.2 Å². The molecule has 0 aromatic carbocycles. The number of furan rings is 1. The van der Waals surface area contributed by atoms with E-state index in [0.717, 1.165) is 25.4 Å². The Morgan fingerprint density at radius 2 is 2.00 bits per heavy atom. The lowest BCUT2D eigenvalue weighted by Crippen LogP contribution is -2.64. The third-order valence-corrected chi connectivity index (χ3v) is 5.27. The summed E-state index contributed by atoms with van der Waals surface area (Å²) in [4.78, 5) is 5.23. The van der Waals surface area contributed by atoms with Gasteiger partial charge in [0.05, 0.1) is 11.7 Å². The van der Waals surface area contributed by atoms with E-state index in [9.17, 15) is 0 Å². The SMILES string of the molecule is NCC1C2CN3CCN(C2)CC1(c1ccco1)C3. The number of nitrogens with zero attached hydrogens (tertiary/aromatic N) is 2. The molecule has 4 fully saturated rings. The van der Waals surface area contributed by atoms with Crippen LogP contribution < -0.4 is 5.73 Å². The predicted octanol–water partition coefficient (Wildman–Crippen LogP) is 0.353. The Labute approximate surface area is 108 Å². The van der Waals surface area contributed by atoms with Crippen LogP contribution in [-0.2, 0) is 5.41 Å². The topological polar surface area (TPSA) is 45.6 Å². The Kier molecular flexibility index (Phi) is 2.34. The number of rotatable bonds is 2. The highest BCUT2D eigenvalue weighted by atomic mass is 16.3. The Morgan fingerprint density at radius 1 is 1.28 bits per heavy atom. The van der Waals surface area contributed by atoms with Crippen LogP contribution in [0, 0.1) is 11.8 Å². The van der Waals surface area contributed by atoms with E-state index in [-0.39, 0.29) is 5.41 Å². The lowest BCUT2D eigenvalue weighted by Gasteiger charge is -2.54. The van der Waals surface area contributed by atoms with Crippen LogP contribution >= 0.6 is 0 Å². The molecule has 4 heteroatoms. The summed E-state index contributed by atoms with van der Waals surface area (Å²) in [6.45, 7) is 7.88. The van der Waals surface area contributed by atoms with Gasteiger partial charge >= 0.3 is 0 Å². The summed E-state index contributed by atoms with van der Waals surface area (Å²) in [5.74, 6) is 2.44. The highest BCUT2D eigenvalue weighted by Gasteiger charge is 2.55. The molecule has 4 bridgehead atoms. The summed E-state index contributed by atoms with van der Waals surface area (Å²) in [5, 5.41) is 0. The van der Waals surface area contributed by atoms with Crippen LogP contribution in [0.4, 0.5) is 0 Å². The van der Waals surface area contributed by atoms with Gasteiger partial charge in [-0.25, -0.2) is 0 Å². The predicted molar refractivity (Wildman–Crippen MR) is 69.3 cm³/mol. The summed E-state index contributed by atoms with van der Waals surface area (Å²) in [6, 6.07) is 4.17. The summed E-state index contributed by atoms with van der Waals surface area (Å²) in [6.07, 6.45) is 1.81. The number of hydrogen-bond donors (Lipinski definition) is 1. The second kappa shape index (κ2) is 3.83. The van der Waals surface area contributed by atoms with Crippen molar-refractivity contribution < 1.29 is 4.42 Å². The van der Waals surface area contributed by atoms with Crippen LogP contribution in [0.3, 0.4) is 0 Å². The van der Waals surface area contributed by atoms with Crippen molar-refractivity contribution in [2.45, 2.75) is 5.41 Å². The van der Waals surface area contributed by atoms with E-state index in [1.54, 1.807) is 0 Å². The van der Waals surface area contributed by atoms with Gasteiger partial charge < -0.3 is 20.0 Å². The smallest absolute Gasteiger partial charge is 0.112 e. The van der Waals surface area contributed by atoms with Gasteiger partial charge in [-0.3, -0.25) is 0 Å². The molecular weight excluding hydrogens is 226 g/mol. The molecule has 0 aliphatic carbocycles. The van der Waals surface area contributed by atoms with Crippen molar-refractivity contribution in [3.8, 4) is 0 Å². The van der Waals surface area contributed by atoms with Gasteiger partial charge in [0.25, 0.3) is 0 Å². The van der Waals surface area contributed by atoms with E-state index in [4.69, 9.17) is 10.2 Å². The standard InChI is InChI=1S/C14H21N3O/c15-6-12-11-7-16-3-4-17(8-11)10-14(12,9-16)13-2-1-5-18-13/h1-2,5,11-12H,3-4,6-10,15H2. The van der Waals surface area contributed by atoms with Crippen LogP contribution in [0.1, 0.15) is 5.76 Å². The van der Waals surface area contributed by atoms with E-state index >= 15 is 0 Å². The molecule has 4 nitrogen and oxygen atoms in total. The van der Waals surface area contributed by atoms with Gasteiger partial charge in [-0.05, 0) is 30.5 Å². The number of fused-ring (bicyclic) bond motifs is 1. The fourth-order valence-corrected chi connectivity index (χ4v) is 4.58. The normalized spacial score (nSPS) is 46.3. The van der Waals surface area contributed by atoms with Crippen molar-refractivity contribution in [3.05, 3.63) is 24.2 Å². The largest absolute Gasteiger partial charge is 0.469 e. The molecule has 5 heterocycles.